The normalized spacial score (nSPS) is 15.2. The van der Waals surface area contributed by atoms with Gasteiger partial charge < -0.3 is 10.1 Å². The third kappa shape index (κ3) is 6.85. The molecule has 1 aliphatic heterocycles. The van der Waals surface area contributed by atoms with Crippen LogP contribution in [-0.2, 0) is 20.5 Å². The summed E-state index contributed by atoms with van der Waals surface area (Å²) in [5.41, 5.74) is 0.331. The molecule has 2 aromatic carbocycles. The maximum Gasteiger partial charge on any atom is 0.416 e. The Bertz CT molecular complexity index is 1020. The molecule has 0 saturated heterocycles. The van der Waals surface area contributed by atoms with Gasteiger partial charge in [0.2, 0.25) is 5.91 Å². The Morgan fingerprint density at radius 3 is 2.52 bits per heavy atom. The molecule has 5 nitrogen and oxygen atoms in total. The second kappa shape index (κ2) is 10.9. The number of hydrogen-bond donors (Lipinski definition) is 1. The highest BCUT2D eigenvalue weighted by molar-refractivity contribution is 8.04. The van der Waals surface area contributed by atoms with Gasteiger partial charge in [0.15, 0.2) is 0 Å². The van der Waals surface area contributed by atoms with E-state index in [0.717, 1.165) is 17.0 Å². The summed E-state index contributed by atoms with van der Waals surface area (Å²) in [4.78, 5) is 28.1. The van der Waals surface area contributed by atoms with Crippen molar-refractivity contribution in [3.63, 3.8) is 0 Å². The van der Waals surface area contributed by atoms with Gasteiger partial charge >= 0.3 is 6.18 Å². The van der Waals surface area contributed by atoms with Crippen LogP contribution in [0.25, 0.3) is 6.08 Å². The summed E-state index contributed by atoms with van der Waals surface area (Å²) in [5.74, 6) is -0.680. The van der Waals surface area contributed by atoms with Crippen molar-refractivity contribution in [2.75, 3.05) is 24.6 Å². The van der Waals surface area contributed by atoms with Crippen molar-refractivity contribution in [2.24, 2.45) is 0 Å². The smallest absolute Gasteiger partial charge is 0.379 e. The van der Waals surface area contributed by atoms with Crippen molar-refractivity contribution < 1.29 is 27.5 Å². The molecular formula is C24H25F3N2O3S. The van der Waals surface area contributed by atoms with Crippen LogP contribution in [0.15, 0.2) is 58.3 Å². The van der Waals surface area contributed by atoms with Crippen LogP contribution in [0.1, 0.15) is 31.4 Å². The Kier molecular flexibility index (Phi) is 8.20. The molecule has 33 heavy (non-hydrogen) atoms. The van der Waals surface area contributed by atoms with Crippen molar-refractivity contribution in [1.82, 2.24) is 5.32 Å². The molecule has 176 valence electrons. The molecule has 0 aliphatic carbocycles. The van der Waals surface area contributed by atoms with Crippen LogP contribution < -0.4 is 10.2 Å². The van der Waals surface area contributed by atoms with Gasteiger partial charge in [0.25, 0.3) is 5.91 Å². The van der Waals surface area contributed by atoms with Crippen LogP contribution in [0, 0.1) is 0 Å². The van der Waals surface area contributed by atoms with E-state index in [9.17, 15) is 22.8 Å². The van der Waals surface area contributed by atoms with Crippen LogP contribution in [0.3, 0.4) is 0 Å². The lowest BCUT2D eigenvalue weighted by molar-refractivity contribution is -0.137. The second-order valence-electron chi connectivity index (χ2n) is 7.71. The zero-order valence-electron chi connectivity index (χ0n) is 18.3. The predicted octanol–water partition coefficient (Wildman–Crippen LogP) is 5.12. The number of anilines is 1. The number of alkyl halides is 3. The fourth-order valence-corrected chi connectivity index (χ4v) is 4.22. The van der Waals surface area contributed by atoms with Gasteiger partial charge in [-0.05, 0) is 56.2 Å². The topological polar surface area (TPSA) is 58.6 Å². The highest BCUT2D eigenvalue weighted by Gasteiger charge is 2.31. The number of amides is 2. The van der Waals surface area contributed by atoms with Crippen LogP contribution in [0.2, 0.25) is 0 Å². The summed E-state index contributed by atoms with van der Waals surface area (Å²) in [7, 11) is 0. The molecule has 9 heteroatoms. The van der Waals surface area contributed by atoms with Gasteiger partial charge in [-0.1, -0.05) is 36.0 Å². The van der Waals surface area contributed by atoms with Gasteiger partial charge in [-0.2, -0.15) is 13.2 Å². The molecular weight excluding hydrogens is 453 g/mol. The number of halogens is 3. The average molecular weight is 479 g/mol. The van der Waals surface area contributed by atoms with Gasteiger partial charge in [-0.15, -0.1) is 0 Å². The van der Waals surface area contributed by atoms with Gasteiger partial charge in [0.1, 0.15) is 6.54 Å². The van der Waals surface area contributed by atoms with Crippen molar-refractivity contribution in [3.05, 3.63) is 64.6 Å². The maximum atomic E-state index is 13.2. The Hall–Kier alpha value is -2.78. The number of thioether (sulfide) groups is 1. The van der Waals surface area contributed by atoms with E-state index >= 15 is 0 Å². The second-order valence-corrected chi connectivity index (χ2v) is 8.80. The summed E-state index contributed by atoms with van der Waals surface area (Å²) >= 11 is 1.23. The van der Waals surface area contributed by atoms with Crippen molar-refractivity contribution in [1.29, 1.82) is 0 Å². The highest BCUT2D eigenvalue weighted by atomic mass is 32.2. The molecule has 3 rings (SSSR count). The van der Waals surface area contributed by atoms with Crippen LogP contribution in [-0.4, -0.2) is 37.6 Å². The number of nitrogens with zero attached hydrogens (tertiary/aromatic N) is 1. The number of hydrogen-bond acceptors (Lipinski definition) is 4. The van der Waals surface area contributed by atoms with Crippen molar-refractivity contribution in [2.45, 2.75) is 37.4 Å². The minimum absolute atomic E-state index is 0.121. The number of fused-ring (bicyclic) bond motifs is 1. The predicted molar refractivity (Wildman–Crippen MR) is 123 cm³/mol. The molecule has 1 N–H and O–H groups in total. The summed E-state index contributed by atoms with van der Waals surface area (Å²) in [5, 5.41) is 2.79. The van der Waals surface area contributed by atoms with Crippen molar-refractivity contribution in [3.8, 4) is 0 Å². The largest absolute Gasteiger partial charge is 0.416 e. The first kappa shape index (κ1) is 24.9. The van der Waals surface area contributed by atoms with E-state index in [2.05, 4.69) is 5.32 Å². The summed E-state index contributed by atoms with van der Waals surface area (Å²) in [6, 6.07) is 11.8. The molecule has 0 radical (unpaired) electrons. The summed E-state index contributed by atoms with van der Waals surface area (Å²) in [6.07, 6.45) is -2.11. The highest BCUT2D eigenvalue weighted by Crippen LogP contribution is 2.42. The van der Waals surface area contributed by atoms with E-state index in [1.165, 1.54) is 34.9 Å². The molecule has 2 aromatic rings. The van der Waals surface area contributed by atoms with E-state index < -0.39 is 11.7 Å². The molecule has 1 aliphatic rings. The number of carbonyl (C=O) groups excluding carboxylic acids is 2. The van der Waals surface area contributed by atoms with Crippen molar-refractivity contribution >= 4 is 35.3 Å². The molecule has 0 atom stereocenters. The standard InChI is InChI=1S/C24H25F3N2O3S/c1-16(2)32-13-5-12-28-22(30)15-29-19-6-3-4-7-20(19)33-21(23(29)31)14-17-8-10-18(11-9-17)24(25,26)27/h3-4,6-11,14,16H,5,12-13,15H2,1-2H3,(H,28,30)/b21-14-. The third-order valence-corrected chi connectivity index (χ3v) is 5.84. The Labute approximate surface area is 195 Å². The van der Waals surface area contributed by atoms with E-state index in [1.807, 2.05) is 26.0 Å². The molecule has 2 amide bonds. The van der Waals surface area contributed by atoms with Crippen LogP contribution in [0.4, 0.5) is 18.9 Å². The lowest BCUT2D eigenvalue weighted by Crippen LogP contribution is -2.43. The molecule has 0 spiro atoms. The molecule has 0 bridgehead atoms. The zero-order chi connectivity index (χ0) is 24.0. The minimum Gasteiger partial charge on any atom is -0.379 e. The van der Waals surface area contributed by atoms with E-state index in [-0.39, 0.29) is 24.5 Å². The molecule has 1 heterocycles. The maximum absolute atomic E-state index is 13.2. The van der Waals surface area contributed by atoms with Gasteiger partial charge in [0.05, 0.1) is 22.3 Å². The van der Waals surface area contributed by atoms with Crippen LogP contribution >= 0.6 is 11.8 Å². The molecule has 0 fully saturated rings. The molecule has 0 unspecified atom stereocenters. The Morgan fingerprint density at radius 2 is 1.85 bits per heavy atom. The average Bonchev–Trinajstić information content (AvgIpc) is 2.76. The SMILES string of the molecule is CC(C)OCCCNC(=O)CN1C(=O)/C(=C/c2ccc(C(F)(F)F)cc2)Sc2ccccc21. The molecule has 0 aromatic heterocycles. The summed E-state index contributed by atoms with van der Waals surface area (Å²) in [6.45, 7) is 4.67. The number of ether oxygens (including phenoxy) is 1. The molecule has 0 saturated carbocycles. The Morgan fingerprint density at radius 1 is 1.15 bits per heavy atom. The minimum atomic E-state index is -4.43. The lowest BCUT2D eigenvalue weighted by Gasteiger charge is -2.29. The monoisotopic (exact) mass is 478 g/mol. The first-order valence-corrected chi connectivity index (χ1v) is 11.3. The first-order chi connectivity index (χ1) is 15.6. The first-order valence-electron chi connectivity index (χ1n) is 10.5. The number of rotatable bonds is 8. The van der Waals surface area contributed by atoms with Crippen LogP contribution in [0.5, 0.6) is 0 Å². The number of benzene rings is 2. The van der Waals surface area contributed by atoms with Gasteiger partial charge in [-0.25, -0.2) is 0 Å². The van der Waals surface area contributed by atoms with E-state index in [0.29, 0.717) is 35.7 Å². The van der Waals surface area contributed by atoms with E-state index in [4.69, 9.17) is 4.74 Å². The third-order valence-electron chi connectivity index (χ3n) is 4.76. The lowest BCUT2D eigenvalue weighted by atomic mass is 10.1. The number of para-hydroxylation sites is 1. The van der Waals surface area contributed by atoms with E-state index in [1.54, 1.807) is 12.1 Å². The number of carbonyl (C=O) groups is 2. The zero-order valence-corrected chi connectivity index (χ0v) is 19.1. The number of nitrogens with one attached hydrogen (secondary N) is 1. The van der Waals surface area contributed by atoms with Gasteiger partial charge in [-0.3, -0.25) is 14.5 Å². The Balaban J connectivity index is 1.74. The fraction of sp³-hybridized carbons (Fsp3) is 0.333. The summed E-state index contributed by atoms with van der Waals surface area (Å²) < 4.78 is 43.9. The quantitative estimate of drug-likeness (QED) is 0.423. The fourth-order valence-electron chi connectivity index (χ4n) is 3.16. The van der Waals surface area contributed by atoms with Gasteiger partial charge in [0, 0.05) is 18.0 Å².